The average molecular weight is 287 g/mol. The molecule has 4 rings (SSSR count). The van der Waals surface area contributed by atoms with Crippen molar-refractivity contribution in [3.05, 3.63) is 24.0 Å². The van der Waals surface area contributed by atoms with Gasteiger partial charge in [0.1, 0.15) is 17.4 Å². The molecule has 0 N–H and O–H groups in total. The number of fused-ring (bicyclic) bond motifs is 1. The van der Waals surface area contributed by atoms with Gasteiger partial charge in [-0.3, -0.25) is 0 Å². The molecule has 0 unspecified atom stereocenters. The molecule has 108 valence electrons. The summed E-state index contributed by atoms with van der Waals surface area (Å²) >= 11 is 0. The standard InChI is InChI=1S/C14H14FN5O/c1-8-6-10(21-19-8)12-11-13(15)16-7-17-14(11)20(18-12)9-4-2-3-5-9/h6-7,9H,2-5H2,1H3. The Kier molecular flexibility index (Phi) is 2.73. The molecule has 0 saturated heterocycles. The van der Waals surface area contributed by atoms with E-state index >= 15 is 0 Å². The first-order valence-corrected chi connectivity index (χ1v) is 7.06. The zero-order valence-electron chi connectivity index (χ0n) is 11.6. The van der Waals surface area contributed by atoms with Crippen molar-refractivity contribution >= 4 is 11.0 Å². The number of halogens is 1. The Morgan fingerprint density at radius 3 is 2.81 bits per heavy atom. The number of aromatic nitrogens is 5. The Labute approximate surface area is 120 Å². The lowest BCUT2D eigenvalue weighted by atomic mass is 10.2. The highest BCUT2D eigenvalue weighted by molar-refractivity contribution is 5.89. The Morgan fingerprint density at radius 2 is 2.10 bits per heavy atom. The van der Waals surface area contributed by atoms with Crippen LogP contribution in [0.3, 0.4) is 0 Å². The number of nitrogens with zero attached hydrogens (tertiary/aromatic N) is 5. The predicted octanol–water partition coefficient (Wildman–Crippen LogP) is 3.04. The third-order valence-corrected chi connectivity index (χ3v) is 3.97. The highest BCUT2D eigenvalue weighted by Gasteiger charge is 2.26. The molecule has 0 atom stereocenters. The van der Waals surface area contributed by atoms with E-state index in [1.54, 1.807) is 6.07 Å². The van der Waals surface area contributed by atoms with Crippen LogP contribution in [0, 0.1) is 12.9 Å². The second kappa shape index (κ2) is 4.61. The van der Waals surface area contributed by atoms with Crippen LogP contribution >= 0.6 is 0 Å². The van der Waals surface area contributed by atoms with E-state index in [1.165, 1.54) is 6.33 Å². The first kappa shape index (κ1) is 12.4. The summed E-state index contributed by atoms with van der Waals surface area (Å²) in [5.74, 6) is -0.128. The van der Waals surface area contributed by atoms with Crippen molar-refractivity contribution < 1.29 is 8.91 Å². The van der Waals surface area contributed by atoms with Gasteiger partial charge in [0.15, 0.2) is 11.4 Å². The molecule has 1 fully saturated rings. The molecule has 0 aromatic carbocycles. The molecule has 1 aliphatic rings. The topological polar surface area (TPSA) is 69.6 Å². The fourth-order valence-corrected chi connectivity index (χ4v) is 2.99. The van der Waals surface area contributed by atoms with Crippen molar-refractivity contribution in [2.45, 2.75) is 38.6 Å². The summed E-state index contributed by atoms with van der Waals surface area (Å²) < 4.78 is 21.2. The molecule has 0 aliphatic heterocycles. The maximum Gasteiger partial charge on any atom is 0.227 e. The van der Waals surface area contributed by atoms with Gasteiger partial charge >= 0.3 is 0 Å². The van der Waals surface area contributed by atoms with Gasteiger partial charge in [0.05, 0.1) is 11.7 Å². The average Bonchev–Trinajstić information content (AvgIpc) is 3.16. The van der Waals surface area contributed by atoms with Crippen LogP contribution in [0.25, 0.3) is 22.5 Å². The molecule has 1 aliphatic carbocycles. The minimum absolute atomic E-state index is 0.263. The van der Waals surface area contributed by atoms with E-state index < -0.39 is 5.95 Å². The smallest absolute Gasteiger partial charge is 0.227 e. The van der Waals surface area contributed by atoms with Crippen LogP contribution in [-0.4, -0.2) is 24.9 Å². The van der Waals surface area contributed by atoms with Crippen molar-refractivity contribution in [1.82, 2.24) is 24.9 Å². The van der Waals surface area contributed by atoms with Crippen molar-refractivity contribution in [1.29, 1.82) is 0 Å². The molecule has 6 nitrogen and oxygen atoms in total. The van der Waals surface area contributed by atoms with Crippen LogP contribution in [0.4, 0.5) is 4.39 Å². The molecule has 3 aromatic heterocycles. The molecule has 21 heavy (non-hydrogen) atoms. The SMILES string of the molecule is Cc1cc(-c2nn(C3CCCC3)c3ncnc(F)c23)on1. The van der Waals surface area contributed by atoms with Gasteiger partial charge in [0.2, 0.25) is 5.95 Å². The van der Waals surface area contributed by atoms with Crippen molar-refractivity contribution in [3.63, 3.8) is 0 Å². The Hall–Kier alpha value is -2.31. The zero-order chi connectivity index (χ0) is 14.4. The first-order valence-electron chi connectivity index (χ1n) is 7.06. The maximum absolute atomic E-state index is 14.2. The van der Waals surface area contributed by atoms with Crippen molar-refractivity contribution in [2.75, 3.05) is 0 Å². The highest BCUT2D eigenvalue weighted by atomic mass is 19.1. The van der Waals surface area contributed by atoms with Gasteiger partial charge in [-0.15, -0.1) is 0 Å². The lowest BCUT2D eigenvalue weighted by molar-refractivity contribution is 0.423. The fourth-order valence-electron chi connectivity index (χ4n) is 2.99. The molecule has 0 spiro atoms. The van der Waals surface area contributed by atoms with Gasteiger partial charge in [-0.05, 0) is 19.8 Å². The third-order valence-electron chi connectivity index (χ3n) is 3.97. The van der Waals surface area contributed by atoms with Crippen LogP contribution in [0.2, 0.25) is 0 Å². The van der Waals surface area contributed by atoms with Gasteiger partial charge in [0, 0.05) is 6.07 Å². The normalized spacial score (nSPS) is 16.1. The van der Waals surface area contributed by atoms with Gasteiger partial charge in [0.25, 0.3) is 0 Å². The van der Waals surface area contributed by atoms with Crippen LogP contribution < -0.4 is 0 Å². The van der Waals surface area contributed by atoms with E-state index in [4.69, 9.17) is 4.52 Å². The Balaban J connectivity index is 1.97. The lowest BCUT2D eigenvalue weighted by Crippen LogP contribution is -2.07. The highest BCUT2D eigenvalue weighted by Crippen LogP contribution is 2.35. The van der Waals surface area contributed by atoms with Gasteiger partial charge in [-0.1, -0.05) is 18.0 Å². The van der Waals surface area contributed by atoms with E-state index in [0.29, 0.717) is 22.5 Å². The molecule has 3 aromatic rings. The zero-order valence-corrected chi connectivity index (χ0v) is 11.6. The fraction of sp³-hybridized carbons (Fsp3) is 0.429. The molecule has 0 amide bonds. The van der Waals surface area contributed by atoms with Crippen LogP contribution in [-0.2, 0) is 0 Å². The first-order chi connectivity index (χ1) is 10.2. The molecule has 0 radical (unpaired) electrons. The third kappa shape index (κ3) is 1.91. The largest absolute Gasteiger partial charge is 0.354 e. The summed E-state index contributed by atoms with van der Waals surface area (Å²) in [6.07, 6.45) is 5.64. The van der Waals surface area contributed by atoms with E-state index in [1.807, 2.05) is 11.6 Å². The molecule has 3 heterocycles. The van der Waals surface area contributed by atoms with E-state index in [0.717, 1.165) is 31.4 Å². The monoisotopic (exact) mass is 287 g/mol. The summed E-state index contributed by atoms with van der Waals surface area (Å²) in [5, 5.41) is 8.71. The van der Waals surface area contributed by atoms with Crippen molar-refractivity contribution in [3.8, 4) is 11.5 Å². The van der Waals surface area contributed by atoms with Crippen molar-refractivity contribution in [2.24, 2.45) is 0 Å². The predicted molar refractivity (Wildman–Crippen MR) is 73.0 cm³/mol. The summed E-state index contributed by atoms with van der Waals surface area (Å²) in [5.41, 5.74) is 1.68. The minimum atomic E-state index is -0.576. The summed E-state index contributed by atoms with van der Waals surface area (Å²) in [6, 6.07) is 2.01. The van der Waals surface area contributed by atoms with E-state index in [-0.39, 0.29) is 6.04 Å². The van der Waals surface area contributed by atoms with E-state index in [9.17, 15) is 4.39 Å². The molecule has 0 bridgehead atoms. The quantitative estimate of drug-likeness (QED) is 0.677. The molecular weight excluding hydrogens is 273 g/mol. The number of hydrogen-bond donors (Lipinski definition) is 0. The Bertz CT molecular complexity index is 803. The number of aryl methyl sites for hydroxylation is 1. The summed E-state index contributed by atoms with van der Waals surface area (Å²) in [7, 11) is 0. The van der Waals surface area contributed by atoms with Gasteiger partial charge in [-0.25, -0.2) is 14.6 Å². The summed E-state index contributed by atoms with van der Waals surface area (Å²) in [6.45, 7) is 1.82. The number of rotatable bonds is 2. The molecule has 1 saturated carbocycles. The van der Waals surface area contributed by atoms with Gasteiger partial charge < -0.3 is 4.52 Å². The second-order valence-electron chi connectivity index (χ2n) is 5.43. The Morgan fingerprint density at radius 1 is 1.29 bits per heavy atom. The molecular formula is C14H14FN5O. The van der Waals surface area contributed by atoms with Crippen LogP contribution in [0.1, 0.15) is 37.4 Å². The minimum Gasteiger partial charge on any atom is -0.354 e. The second-order valence-corrected chi connectivity index (χ2v) is 5.43. The van der Waals surface area contributed by atoms with Gasteiger partial charge in [-0.2, -0.15) is 9.49 Å². The van der Waals surface area contributed by atoms with Crippen LogP contribution in [0.15, 0.2) is 16.9 Å². The summed E-state index contributed by atoms with van der Waals surface area (Å²) in [4.78, 5) is 7.87. The maximum atomic E-state index is 14.2. The molecule has 7 heteroatoms. The lowest BCUT2D eigenvalue weighted by Gasteiger charge is -2.09. The van der Waals surface area contributed by atoms with Crippen LogP contribution in [0.5, 0.6) is 0 Å². The van der Waals surface area contributed by atoms with E-state index in [2.05, 4.69) is 20.2 Å². The number of hydrogen-bond acceptors (Lipinski definition) is 5.